The van der Waals surface area contributed by atoms with Crippen molar-refractivity contribution in [1.29, 1.82) is 0 Å². The van der Waals surface area contributed by atoms with Crippen LogP contribution in [0.5, 0.6) is 0 Å². The number of nitrogens with two attached hydrogens (primary N) is 2. The number of hydrogen-bond donors (Lipinski definition) is 3. The second kappa shape index (κ2) is 7.25. The number of primary amides is 1. The third-order valence-corrected chi connectivity index (χ3v) is 2.85. The van der Waals surface area contributed by atoms with E-state index < -0.39 is 12.0 Å². The Morgan fingerprint density at radius 1 is 1.11 bits per heavy atom. The average Bonchev–Trinajstić information content (AvgIpc) is 2.40. The van der Waals surface area contributed by atoms with Crippen LogP contribution in [0.1, 0.15) is 29.6 Å². The molecular formula is C13H19N3O3. The van der Waals surface area contributed by atoms with Gasteiger partial charge in [0.2, 0.25) is 0 Å². The maximum absolute atomic E-state index is 10.6. The van der Waals surface area contributed by atoms with Gasteiger partial charge in [0.25, 0.3) is 5.91 Å². The maximum atomic E-state index is 10.6. The zero-order valence-corrected chi connectivity index (χ0v) is 10.7. The molecule has 0 bridgehead atoms. The molecule has 19 heavy (non-hydrogen) atoms. The third-order valence-electron chi connectivity index (χ3n) is 2.85. The Bertz CT molecular complexity index is 443. The van der Waals surface area contributed by atoms with E-state index in [1.165, 1.54) is 11.3 Å². The first-order valence-corrected chi connectivity index (χ1v) is 6.14. The molecule has 6 nitrogen and oxygen atoms in total. The van der Waals surface area contributed by atoms with E-state index >= 15 is 0 Å². The summed E-state index contributed by atoms with van der Waals surface area (Å²) in [5.74, 6) is -0.488. The number of benzene rings is 1. The van der Waals surface area contributed by atoms with Gasteiger partial charge in [0.1, 0.15) is 0 Å². The van der Waals surface area contributed by atoms with Gasteiger partial charge in [-0.3, -0.25) is 4.79 Å². The van der Waals surface area contributed by atoms with Gasteiger partial charge in [-0.1, -0.05) is 12.1 Å². The van der Waals surface area contributed by atoms with Gasteiger partial charge in [-0.2, -0.15) is 0 Å². The molecule has 0 radical (unpaired) electrons. The Hall–Kier alpha value is -2.24. The fourth-order valence-corrected chi connectivity index (χ4v) is 1.81. The molecule has 0 unspecified atom stereocenters. The van der Waals surface area contributed by atoms with E-state index in [4.69, 9.17) is 16.6 Å². The van der Waals surface area contributed by atoms with Crippen molar-refractivity contribution in [3.63, 3.8) is 0 Å². The highest BCUT2D eigenvalue weighted by Gasteiger charge is 2.13. The summed E-state index contributed by atoms with van der Waals surface area (Å²) in [5, 5.41) is 8.46. The summed E-state index contributed by atoms with van der Waals surface area (Å²) < 4.78 is 0. The van der Waals surface area contributed by atoms with Crippen LogP contribution in [0.3, 0.4) is 0 Å². The summed E-state index contributed by atoms with van der Waals surface area (Å²) in [6.45, 7) is 1.46. The first kappa shape index (κ1) is 14.8. The fourth-order valence-electron chi connectivity index (χ4n) is 1.81. The minimum Gasteiger partial charge on any atom is -0.465 e. The van der Waals surface area contributed by atoms with Crippen LogP contribution in [0.4, 0.5) is 10.5 Å². The standard InChI is InChI=1S/C7H8N2O.C6H11NO2/c8-6-4-2-1-3-5(6)7(9)10;8-6(9)7-4-2-1-3-5-7/h1-4H,8H2,(H2,9,10);1-5H2,(H,8,9). The van der Waals surface area contributed by atoms with Gasteiger partial charge < -0.3 is 21.5 Å². The molecule has 0 spiro atoms. The van der Waals surface area contributed by atoms with Crippen LogP contribution in [0.25, 0.3) is 0 Å². The van der Waals surface area contributed by atoms with Crippen LogP contribution in [0, 0.1) is 0 Å². The van der Waals surface area contributed by atoms with Crippen LogP contribution in [0.15, 0.2) is 24.3 Å². The molecular weight excluding hydrogens is 246 g/mol. The summed E-state index contributed by atoms with van der Waals surface area (Å²) in [6, 6.07) is 6.70. The largest absolute Gasteiger partial charge is 0.465 e. The molecule has 1 fully saturated rings. The molecule has 1 aromatic rings. The smallest absolute Gasteiger partial charge is 0.407 e. The molecule has 1 aromatic carbocycles. The van der Waals surface area contributed by atoms with Gasteiger partial charge in [0.05, 0.1) is 5.56 Å². The predicted molar refractivity (Wildman–Crippen MR) is 72.8 cm³/mol. The summed E-state index contributed by atoms with van der Waals surface area (Å²) in [5.41, 5.74) is 11.2. The number of carbonyl (C=O) groups excluding carboxylic acids is 1. The van der Waals surface area contributed by atoms with Gasteiger partial charge in [0, 0.05) is 18.8 Å². The van der Waals surface area contributed by atoms with Gasteiger partial charge in [-0.05, 0) is 31.4 Å². The Balaban J connectivity index is 0.000000191. The highest BCUT2D eigenvalue weighted by molar-refractivity contribution is 5.97. The number of para-hydroxylation sites is 1. The first-order valence-electron chi connectivity index (χ1n) is 6.14. The lowest BCUT2D eigenvalue weighted by Crippen LogP contribution is -2.34. The monoisotopic (exact) mass is 265 g/mol. The number of piperidine rings is 1. The topological polar surface area (TPSA) is 110 Å². The number of carboxylic acid groups (broad SMARTS) is 1. The van der Waals surface area contributed by atoms with E-state index in [2.05, 4.69) is 0 Å². The molecule has 2 rings (SSSR count). The zero-order valence-electron chi connectivity index (χ0n) is 10.7. The second-order valence-corrected chi connectivity index (χ2v) is 4.28. The van der Waals surface area contributed by atoms with E-state index in [1.54, 1.807) is 24.3 Å². The quantitative estimate of drug-likeness (QED) is 0.668. The number of hydrogen-bond acceptors (Lipinski definition) is 3. The van der Waals surface area contributed by atoms with Crippen molar-refractivity contribution >= 4 is 17.7 Å². The number of anilines is 1. The van der Waals surface area contributed by atoms with Crippen molar-refractivity contribution in [1.82, 2.24) is 4.90 Å². The normalized spacial score (nSPS) is 14.2. The Kier molecular flexibility index (Phi) is 5.66. The van der Waals surface area contributed by atoms with Crippen LogP contribution in [-0.2, 0) is 0 Å². The van der Waals surface area contributed by atoms with E-state index in [-0.39, 0.29) is 0 Å². The van der Waals surface area contributed by atoms with Crippen molar-refractivity contribution in [3.05, 3.63) is 29.8 Å². The summed E-state index contributed by atoms with van der Waals surface area (Å²) in [6.07, 6.45) is 2.48. The minimum absolute atomic E-state index is 0.377. The third kappa shape index (κ3) is 4.87. The number of amides is 2. The van der Waals surface area contributed by atoms with Crippen molar-refractivity contribution < 1.29 is 14.7 Å². The Labute approximate surface area is 112 Å². The number of carbonyl (C=O) groups is 2. The van der Waals surface area contributed by atoms with Gasteiger partial charge >= 0.3 is 6.09 Å². The highest BCUT2D eigenvalue weighted by atomic mass is 16.4. The number of nitrogens with zero attached hydrogens (tertiary/aromatic N) is 1. The van der Waals surface area contributed by atoms with Gasteiger partial charge in [-0.15, -0.1) is 0 Å². The SMILES string of the molecule is NC(=O)c1ccccc1N.O=C(O)N1CCCCC1. The fraction of sp³-hybridized carbons (Fsp3) is 0.385. The molecule has 1 heterocycles. The molecule has 1 aliphatic heterocycles. The molecule has 1 aliphatic rings. The van der Waals surface area contributed by atoms with E-state index in [9.17, 15) is 9.59 Å². The second-order valence-electron chi connectivity index (χ2n) is 4.28. The van der Waals surface area contributed by atoms with Crippen molar-refractivity contribution in [2.75, 3.05) is 18.8 Å². The van der Waals surface area contributed by atoms with Gasteiger partial charge in [0.15, 0.2) is 0 Å². The van der Waals surface area contributed by atoms with Crippen LogP contribution in [-0.4, -0.2) is 35.1 Å². The highest BCUT2D eigenvalue weighted by Crippen LogP contribution is 2.08. The van der Waals surface area contributed by atoms with Crippen LogP contribution in [0.2, 0.25) is 0 Å². The molecule has 0 saturated carbocycles. The number of rotatable bonds is 1. The van der Waals surface area contributed by atoms with Crippen molar-refractivity contribution in [3.8, 4) is 0 Å². The van der Waals surface area contributed by atoms with E-state index in [1.807, 2.05) is 0 Å². The number of likely N-dealkylation sites (tertiary alicyclic amines) is 1. The van der Waals surface area contributed by atoms with Gasteiger partial charge in [-0.25, -0.2) is 4.79 Å². The lowest BCUT2D eigenvalue weighted by Gasteiger charge is -2.22. The molecule has 104 valence electrons. The van der Waals surface area contributed by atoms with Crippen LogP contribution >= 0.6 is 0 Å². The van der Waals surface area contributed by atoms with E-state index in [0.717, 1.165) is 25.9 Å². The van der Waals surface area contributed by atoms with E-state index in [0.29, 0.717) is 11.3 Å². The molecule has 2 amide bonds. The number of nitrogen functional groups attached to an aromatic ring is 1. The zero-order chi connectivity index (χ0) is 14.3. The lowest BCUT2D eigenvalue weighted by atomic mass is 10.1. The molecule has 5 N–H and O–H groups in total. The summed E-state index contributed by atoms with van der Waals surface area (Å²) >= 11 is 0. The summed E-state index contributed by atoms with van der Waals surface area (Å²) in [4.78, 5) is 22.3. The molecule has 1 saturated heterocycles. The molecule has 0 atom stereocenters. The molecule has 0 aromatic heterocycles. The van der Waals surface area contributed by atoms with Crippen molar-refractivity contribution in [2.24, 2.45) is 5.73 Å². The first-order chi connectivity index (χ1) is 9.02. The van der Waals surface area contributed by atoms with Crippen LogP contribution < -0.4 is 11.5 Å². The van der Waals surface area contributed by atoms with Crippen molar-refractivity contribution in [2.45, 2.75) is 19.3 Å². The maximum Gasteiger partial charge on any atom is 0.407 e. The molecule has 6 heteroatoms. The average molecular weight is 265 g/mol. The lowest BCUT2D eigenvalue weighted by molar-refractivity contribution is 0.100. The molecule has 0 aliphatic carbocycles. The Morgan fingerprint density at radius 2 is 1.68 bits per heavy atom. The minimum atomic E-state index is -0.769. The Morgan fingerprint density at radius 3 is 2.05 bits per heavy atom. The summed E-state index contributed by atoms with van der Waals surface area (Å²) in [7, 11) is 0. The predicted octanol–water partition coefficient (Wildman–Crippen LogP) is 1.52.